The van der Waals surface area contributed by atoms with Gasteiger partial charge in [-0.15, -0.1) is 11.3 Å². The molecule has 8 heteroatoms. The zero-order valence-corrected chi connectivity index (χ0v) is 15.3. The lowest BCUT2D eigenvalue weighted by Gasteiger charge is -2.23. The number of hydrogen-bond acceptors (Lipinski definition) is 6. The van der Waals surface area contributed by atoms with Crippen molar-refractivity contribution in [2.75, 3.05) is 25.0 Å². The topological polar surface area (TPSA) is 88.4 Å². The Morgan fingerprint density at radius 3 is 2.69 bits per heavy atom. The maximum atomic E-state index is 12.3. The van der Waals surface area contributed by atoms with Crippen LogP contribution in [0.1, 0.15) is 32.1 Å². The number of carbonyl (C=O) groups excluding carboxylic acids is 1. The number of nitrogens with one attached hydrogen (secondary N) is 1. The van der Waals surface area contributed by atoms with E-state index in [0.29, 0.717) is 22.9 Å². The molecule has 0 aliphatic carbocycles. The quantitative estimate of drug-likeness (QED) is 0.633. The highest BCUT2D eigenvalue weighted by Gasteiger charge is 2.15. The molecule has 1 fully saturated rings. The Bertz CT molecular complexity index is 769. The summed E-state index contributed by atoms with van der Waals surface area (Å²) in [5.41, 5.74) is 1.32. The summed E-state index contributed by atoms with van der Waals surface area (Å²) in [5.74, 6) is -0.0643. The molecule has 138 valence electrons. The van der Waals surface area contributed by atoms with Crippen molar-refractivity contribution in [2.24, 2.45) is 0 Å². The number of hydrogen-bond donors (Lipinski definition) is 1. The van der Waals surface area contributed by atoms with Crippen LogP contribution < -0.4 is 5.32 Å². The van der Waals surface area contributed by atoms with E-state index >= 15 is 0 Å². The largest absolute Gasteiger partial charge is 0.301 e. The Labute approximate surface area is 156 Å². The molecule has 0 spiro atoms. The van der Waals surface area contributed by atoms with Crippen LogP contribution in [0.2, 0.25) is 0 Å². The van der Waals surface area contributed by atoms with E-state index in [0.717, 1.165) is 25.9 Å². The summed E-state index contributed by atoms with van der Waals surface area (Å²) in [6.07, 6.45) is 6.04. The highest BCUT2D eigenvalue weighted by Crippen LogP contribution is 2.27. The molecule has 1 aromatic heterocycles. The second-order valence-electron chi connectivity index (χ2n) is 6.44. The highest BCUT2D eigenvalue weighted by molar-refractivity contribution is 7.14. The summed E-state index contributed by atoms with van der Waals surface area (Å²) in [7, 11) is 0. The Balaban J connectivity index is 1.60. The van der Waals surface area contributed by atoms with Crippen LogP contribution in [-0.4, -0.2) is 40.3 Å². The molecule has 1 aromatic carbocycles. The zero-order chi connectivity index (χ0) is 18.4. The second kappa shape index (κ2) is 8.86. The molecule has 0 radical (unpaired) electrons. The molecule has 1 aliphatic heterocycles. The highest BCUT2D eigenvalue weighted by atomic mass is 32.1. The average molecular weight is 374 g/mol. The lowest BCUT2D eigenvalue weighted by molar-refractivity contribution is -0.384. The van der Waals surface area contributed by atoms with E-state index < -0.39 is 4.92 Å². The number of aromatic nitrogens is 1. The van der Waals surface area contributed by atoms with E-state index in [9.17, 15) is 14.9 Å². The zero-order valence-electron chi connectivity index (χ0n) is 14.5. The predicted molar refractivity (Wildman–Crippen MR) is 102 cm³/mol. The third kappa shape index (κ3) is 5.09. The van der Waals surface area contributed by atoms with E-state index in [4.69, 9.17) is 0 Å². The van der Waals surface area contributed by atoms with Crippen LogP contribution in [0.25, 0.3) is 11.3 Å². The van der Waals surface area contributed by atoms with Gasteiger partial charge in [-0.2, -0.15) is 0 Å². The number of non-ortho nitro benzene ring substituents is 1. The van der Waals surface area contributed by atoms with Crippen molar-refractivity contribution in [1.29, 1.82) is 0 Å². The van der Waals surface area contributed by atoms with E-state index in [1.54, 1.807) is 17.5 Å². The molecular weight excluding hydrogens is 352 g/mol. The lowest BCUT2D eigenvalue weighted by Crippen LogP contribution is -2.35. The van der Waals surface area contributed by atoms with Gasteiger partial charge < -0.3 is 5.32 Å². The number of anilines is 1. The van der Waals surface area contributed by atoms with Crippen LogP contribution in [0.15, 0.2) is 29.6 Å². The third-order valence-corrected chi connectivity index (χ3v) is 5.18. The molecule has 3 rings (SSSR count). The van der Waals surface area contributed by atoms with Crippen LogP contribution in [-0.2, 0) is 4.79 Å². The molecule has 1 N–H and O–H groups in total. The van der Waals surface area contributed by atoms with Crippen molar-refractivity contribution >= 4 is 28.1 Å². The minimum atomic E-state index is -0.429. The average Bonchev–Trinajstić information content (AvgIpc) is 3.05. The normalized spacial score (nSPS) is 15.8. The molecule has 2 aromatic rings. The number of nitro groups is 1. The van der Waals surface area contributed by atoms with Gasteiger partial charge in [0.25, 0.3) is 5.69 Å². The molecule has 0 atom stereocenters. The van der Waals surface area contributed by atoms with Gasteiger partial charge in [-0.25, -0.2) is 4.98 Å². The van der Waals surface area contributed by atoms with Crippen LogP contribution in [0, 0.1) is 10.1 Å². The summed E-state index contributed by atoms with van der Waals surface area (Å²) < 4.78 is 0. The van der Waals surface area contributed by atoms with Crippen LogP contribution in [0.5, 0.6) is 0 Å². The fourth-order valence-corrected chi connectivity index (χ4v) is 3.81. The number of nitro benzene ring substituents is 1. The molecule has 7 nitrogen and oxygen atoms in total. The molecule has 0 unspecified atom stereocenters. The smallest absolute Gasteiger partial charge is 0.270 e. The minimum Gasteiger partial charge on any atom is -0.301 e. The molecule has 0 saturated carbocycles. The van der Waals surface area contributed by atoms with E-state index in [-0.39, 0.29) is 11.6 Å². The number of benzene rings is 1. The number of likely N-dealkylation sites (tertiary alicyclic amines) is 1. The Hall–Kier alpha value is -2.32. The minimum absolute atomic E-state index is 0.0261. The van der Waals surface area contributed by atoms with E-state index in [2.05, 4.69) is 15.2 Å². The van der Waals surface area contributed by atoms with Gasteiger partial charge in [-0.1, -0.05) is 31.4 Å². The monoisotopic (exact) mass is 374 g/mol. The van der Waals surface area contributed by atoms with Gasteiger partial charge in [0.1, 0.15) is 0 Å². The Morgan fingerprint density at radius 2 is 1.96 bits per heavy atom. The predicted octanol–water partition coefficient (Wildman–Crippen LogP) is 3.92. The number of carbonyl (C=O) groups is 1. The molecule has 0 bridgehead atoms. The number of amides is 1. The fourth-order valence-electron chi connectivity index (χ4n) is 3.08. The Morgan fingerprint density at radius 1 is 1.23 bits per heavy atom. The summed E-state index contributed by atoms with van der Waals surface area (Å²) >= 11 is 1.33. The van der Waals surface area contributed by atoms with E-state index in [1.165, 1.54) is 42.7 Å². The molecule has 1 saturated heterocycles. The van der Waals surface area contributed by atoms with Crippen molar-refractivity contribution in [3.63, 3.8) is 0 Å². The third-order valence-electron chi connectivity index (χ3n) is 4.42. The maximum Gasteiger partial charge on any atom is 0.270 e. The number of nitrogens with zero attached hydrogens (tertiary/aromatic N) is 3. The SMILES string of the molecule is O=C(CN1CCCCCCC1)Nc1nc(-c2cccc([N+](=O)[O-])c2)cs1. The second-order valence-corrected chi connectivity index (χ2v) is 7.30. The van der Waals surface area contributed by atoms with Crippen LogP contribution in [0.4, 0.5) is 10.8 Å². The van der Waals surface area contributed by atoms with Gasteiger partial charge in [0, 0.05) is 23.1 Å². The van der Waals surface area contributed by atoms with Crippen LogP contribution >= 0.6 is 11.3 Å². The van der Waals surface area contributed by atoms with Gasteiger partial charge in [-0.05, 0) is 25.9 Å². The van der Waals surface area contributed by atoms with Gasteiger partial charge in [-0.3, -0.25) is 19.8 Å². The molecular formula is C18H22N4O3S. The fraction of sp³-hybridized carbons (Fsp3) is 0.444. The first-order valence-corrected chi connectivity index (χ1v) is 9.72. The molecule has 1 aliphatic rings. The van der Waals surface area contributed by atoms with Crippen molar-refractivity contribution in [1.82, 2.24) is 9.88 Å². The molecule has 1 amide bonds. The van der Waals surface area contributed by atoms with Gasteiger partial charge >= 0.3 is 0 Å². The van der Waals surface area contributed by atoms with Gasteiger partial charge in [0.15, 0.2) is 5.13 Å². The summed E-state index contributed by atoms with van der Waals surface area (Å²) in [6.45, 7) is 2.31. The molecule has 26 heavy (non-hydrogen) atoms. The summed E-state index contributed by atoms with van der Waals surface area (Å²) in [6, 6.07) is 6.34. The maximum absolute atomic E-state index is 12.3. The van der Waals surface area contributed by atoms with Crippen molar-refractivity contribution in [3.8, 4) is 11.3 Å². The number of thiazole rings is 1. The van der Waals surface area contributed by atoms with Crippen molar-refractivity contribution in [3.05, 3.63) is 39.8 Å². The van der Waals surface area contributed by atoms with Crippen LogP contribution in [0.3, 0.4) is 0 Å². The first-order chi connectivity index (χ1) is 12.6. The summed E-state index contributed by atoms with van der Waals surface area (Å²) in [4.78, 5) is 29.4. The van der Waals surface area contributed by atoms with E-state index in [1.807, 2.05) is 0 Å². The molecule has 2 heterocycles. The number of rotatable bonds is 5. The standard InChI is InChI=1S/C18H22N4O3S/c23-17(12-21-9-4-2-1-3-5-10-21)20-18-19-16(13-26-18)14-7-6-8-15(11-14)22(24)25/h6-8,11,13H,1-5,9-10,12H2,(H,19,20,23). The van der Waals surface area contributed by atoms with Gasteiger partial charge in [0.05, 0.1) is 17.2 Å². The first kappa shape index (κ1) is 18.5. The Kier molecular flexibility index (Phi) is 6.30. The lowest BCUT2D eigenvalue weighted by atomic mass is 10.1. The first-order valence-electron chi connectivity index (χ1n) is 8.84. The van der Waals surface area contributed by atoms with Crippen molar-refractivity contribution < 1.29 is 9.72 Å². The van der Waals surface area contributed by atoms with Crippen molar-refractivity contribution in [2.45, 2.75) is 32.1 Å². The summed E-state index contributed by atoms with van der Waals surface area (Å²) in [5, 5.41) is 16.1. The van der Waals surface area contributed by atoms with Gasteiger partial charge in [0.2, 0.25) is 5.91 Å².